The number of amides is 1. The van der Waals surface area contributed by atoms with Crippen LogP contribution < -0.4 is 5.32 Å². The Morgan fingerprint density at radius 1 is 0.857 bits per heavy atom. The molecule has 4 aromatic rings. The molecule has 3 aromatic carbocycles. The van der Waals surface area contributed by atoms with E-state index in [1.165, 1.54) is 27.7 Å². The molecule has 35 heavy (non-hydrogen) atoms. The van der Waals surface area contributed by atoms with Crippen LogP contribution in [0.25, 0.3) is 10.9 Å². The number of hydrogen-bond donors (Lipinski definition) is 1. The van der Waals surface area contributed by atoms with Crippen molar-refractivity contribution in [2.75, 3.05) is 19.6 Å². The molecule has 0 spiro atoms. The topological polar surface area (TPSA) is 37.3 Å². The molecule has 1 fully saturated rings. The molecular formula is C30H32ClN3O. The van der Waals surface area contributed by atoms with Crippen molar-refractivity contribution in [3.63, 3.8) is 0 Å². The number of carbonyl (C=O) groups is 1. The minimum atomic E-state index is 0.113. The van der Waals surface area contributed by atoms with Crippen molar-refractivity contribution in [1.29, 1.82) is 0 Å². The second-order valence-electron chi connectivity index (χ2n) is 9.48. The molecule has 0 atom stereocenters. The Balaban J connectivity index is 1.19. The molecule has 1 N–H and O–H groups in total. The maximum atomic E-state index is 12.7. The molecule has 0 aliphatic carbocycles. The number of halogens is 1. The summed E-state index contributed by atoms with van der Waals surface area (Å²) in [6, 6.07) is 29.3. The Morgan fingerprint density at radius 2 is 1.57 bits per heavy atom. The number of fused-ring (bicyclic) bond motifs is 1. The molecule has 4 nitrogen and oxygen atoms in total. The number of likely N-dealkylation sites (tertiary alicyclic amines) is 1. The van der Waals surface area contributed by atoms with Crippen LogP contribution in [0, 0.1) is 5.92 Å². The van der Waals surface area contributed by atoms with Gasteiger partial charge in [0.05, 0.1) is 0 Å². The summed E-state index contributed by atoms with van der Waals surface area (Å²) in [6.45, 7) is 4.30. The molecule has 2 heterocycles. The van der Waals surface area contributed by atoms with Crippen LogP contribution in [0.1, 0.15) is 29.7 Å². The first-order valence-electron chi connectivity index (χ1n) is 12.5. The van der Waals surface area contributed by atoms with E-state index in [0.29, 0.717) is 6.54 Å². The molecule has 1 amide bonds. The Morgan fingerprint density at radius 3 is 2.34 bits per heavy atom. The number of hydrogen-bond acceptors (Lipinski definition) is 2. The minimum absolute atomic E-state index is 0.113. The summed E-state index contributed by atoms with van der Waals surface area (Å²) in [5, 5.41) is 5.18. The van der Waals surface area contributed by atoms with Gasteiger partial charge in [-0.15, -0.1) is 0 Å². The van der Waals surface area contributed by atoms with Crippen LogP contribution in [-0.4, -0.2) is 35.0 Å². The zero-order valence-corrected chi connectivity index (χ0v) is 20.8. The van der Waals surface area contributed by atoms with E-state index in [4.69, 9.17) is 11.6 Å². The summed E-state index contributed by atoms with van der Waals surface area (Å²) in [4.78, 5) is 15.2. The number of benzene rings is 3. The van der Waals surface area contributed by atoms with Gasteiger partial charge in [-0.25, -0.2) is 0 Å². The first kappa shape index (κ1) is 23.7. The van der Waals surface area contributed by atoms with Crippen LogP contribution in [-0.2, 0) is 24.3 Å². The predicted octanol–water partition coefficient (Wildman–Crippen LogP) is 5.91. The highest BCUT2D eigenvalue weighted by molar-refractivity contribution is 6.30. The fourth-order valence-corrected chi connectivity index (χ4v) is 5.19. The zero-order chi connectivity index (χ0) is 24.0. The maximum Gasteiger partial charge on any atom is 0.223 e. The zero-order valence-electron chi connectivity index (χ0n) is 20.0. The fourth-order valence-electron chi connectivity index (χ4n) is 5.06. The van der Waals surface area contributed by atoms with Crippen LogP contribution in [0.15, 0.2) is 84.9 Å². The minimum Gasteiger partial charge on any atom is -0.356 e. The third-order valence-corrected chi connectivity index (χ3v) is 7.30. The molecule has 1 aliphatic rings. The van der Waals surface area contributed by atoms with E-state index >= 15 is 0 Å². The number of nitrogens with one attached hydrogen (secondary N) is 1. The number of para-hydroxylation sites is 1. The largest absolute Gasteiger partial charge is 0.356 e. The first-order valence-corrected chi connectivity index (χ1v) is 12.9. The summed E-state index contributed by atoms with van der Waals surface area (Å²) >= 11 is 6.10. The third-order valence-electron chi connectivity index (χ3n) is 7.05. The van der Waals surface area contributed by atoms with Gasteiger partial charge in [-0.3, -0.25) is 9.69 Å². The van der Waals surface area contributed by atoms with Gasteiger partial charge in [0.2, 0.25) is 5.91 Å². The van der Waals surface area contributed by atoms with Crippen molar-refractivity contribution < 1.29 is 4.79 Å². The average Bonchev–Trinajstić information content (AvgIpc) is 3.23. The molecule has 0 saturated carbocycles. The van der Waals surface area contributed by atoms with Crippen LogP contribution in [0.3, 0.4) is 0 Å². The maximum absolute atomic E-state index is 12.7. The number of piperidine rings is 1. The standard InChI is InChI=1S/C30H32ClN3O/c31-27-12-10-24(11-13-27)21-34-28(20-26-8-4-5-9-29(26)34)22-33-18-15-25(16-19-33)30(35)32-17-14-23-6-2-1-3-7-23/h1-13,20,25H,14-19,21-22H2,(H,32,35). The molecule has 0 radical (unpaired) electrons. The van der Waals surface area contributed by atoms with Gasteiger partial charge in [-0.05, 0) is 73.1 Å². The van der Waals surface area contributed by atoms with Gasteiger partial charge in [-0.2, -0.15) is 0 Å². The molecule has 1 aromatic heterocycles. The van der Waals surface area contributed by atoms with Crippen molar-refractivity contribution in [1.82, 2.24) is 14.8 Å². The lowest BCUT2D eigenvalue weighted by Crippen LogP contribution is -2.40. The van der Waals surface area contributed by atoms with E-state index in [1.54, 1.807) is 0 Å². The highest BCUT2D eigenvalue weighted by Gasteiger charge is 2.25. The normalized spacial score (nSPS) is 14.9. The molecule has 1 saturated heterocycles. The SMILES string of the molecule is O=C(NCCc1ccccc1)C1CCN(Cc2cc3ccccc3n2Cc2ccc(Cl)cc2)CC1. The van der Waals surface area contributed by atoms with E-state index in [-0.39, 0.29) is 11.8 Å². The van der Waals surface area contributed by atoms with E-state index in [0.717, 1.165) is 50.5 Å². The lowest BCUT2D eigenvalue weighted by molar-refractivity contribution is -0.126. The van der Waals surface area contributed by atoms with Gasteiger partial charge >= 0.3 is 0 Å². The van der Waals surface area contributed by atoms with Crippen molar-refractivity contribution >= 4 is 28.4 Å². The van der Waals surface area contributed by atoms with Gasteiger partial charge in [0.15, 0.2) is 0 Å². The van der Waals surface area contributed by atoms with E-state index in [2.05, 4.69) is 69.4 Å². The number of carbonyl (C=O) groups excluding carboxylic acids is 1. The first-order chi connectivity index (χ1) is 17.2. The quantitative estimate of drug-likeness (QED) is 0.336. The van der Waals surface area contributed by atoms with E-state index in [1.807, 2.05) is 30.3 Å². The highest BCUT2D eigenvalue weighted by Crippen LogP contribution is 2.25. The Hall–Kier alpha value is -3.08. The smallest absolute Gasteiger partial charge is 0.223 e. The van der Waals surface area contributed by atoms with E-state index < -0.39 is 0 Å². The number of nitrogens with zero attached hydrogens (tertiary/aromatic N) is 2. The van der Waals surface area contributed by atoms with Crippen LogP contribution in [0.5, 0.6) is 0 Å². The summed E-state index contributed by atoms with van der Waals surface area (Å²) < 4.78 is 2.42. The highest BCUT2D eigenvalue weighted by atomic mass is 35.5. The number of aromatic nitrogens is 1. The molecule has 180 valence electrons. The summed E-state index contributed by atoms with van der Waals surface area (Å²) in [6.07, 6.45) is 2.70. The lowest BCUT2D eigenvalue weighted by Gasteiger charge is -2.31. The van der Waals surface area contributed by atoms with E-state index in [9.17, 15) is 4.79 Å². The fraction of sp³-hybridized carbons (Fsp3) is 0.300. The monoisotopic (exact) mass is 485 g/mol. The third kappa shape index (κ3) is 5.95. The molecular weight excluding hydrogens is 454 g/mol. The van der Waals surface area contributed by atoms with Crippen LogP contribution >= 0.6 is 11.6 Å². The predicted molar refractivity (Wildman–Crippen MR) is 144 cm³/mol. The second-order valence-corrected chi connectivity index (χ2v) is 9.92. The van der Waals surface area contributed by atoms with Gasteiger partial charge < -0.3 is 9.88 Å². The Bertz CT molecular complexity index is 1260. The summed E-state index contributed by atoms with van der Waals surface area (Å²) in [5.41, 5.74) is 5.07. The van der Waals surface area contributed by atoms with Crippen LogP contribution in [0.4, 0.5) is 0 Å². The van der Waals surface area contributed by atoms with Crippen molar-refractivity contribution in [3.05, 3.63) is 107 Å². The van der Waals surface area contributed by atoms with Crippen molar-refractivity contribution in [3.8, 4) is 0 Å². The molecule has 1 aliphatic heterocycles. The van der Waals surface area contributed by atoms with Gasteiger partial charge in [0, 0.05) is 41.8 Å². The Labute approximate surface area is 212 Å². The molecule has 5 heteroatoms. The van der Waals surface area contributed by atoms with Crippen LogP contribution in [0.2, 0.25) is 5.02 Å². The average molecular weight is 486 g/mol. The molecule has 0 unspecified atom stereocenters. The summed E-state index contributed by atoms with van der Waals surface area (Å²) in [7, 11) is 0. The van der Waals surface area contributed by atoms with Crippen molar-refractivity contribution in [2.45, 2.75) is 32.4 Å². The second kappa shape index (κ2) is 11.1. The van der Waals surface area contributed by atoms with Crippen molar-refractivity contribution in [2.24, 2.45) is 5.92 Å². The Kier molecular flexibility index (Phi) is 7.51. The number of rotatable bonds is 8. The van der Waals surface area contributed by atoms with Gasteiger partial charge in [-0.1, -0.05) is 72.3 Å². The van der Waals surface area contributed by atoms with Gasteiger partial charge in [0.1, 0.15) is 0 Å². The van der Waals surface area contributed by atoms with Gasteiger partial charge in [0.25, 0.3) is 0 Å². The molecule has 5 rings (SSSR count). The lowest BCUT2D eigenvalue weighted by atomic mass is 9.95. The summed E-state index contributed by atoms with van der Waals surface area (Å²) in [5.74, 6) is 0.319. The molecule has 0 bridgehead atoms.